The molecule has 6 N–H and O–H groups in total. The number of phenolic OH excluding ortho intramolecular Hbond substituents is 1. The van der Waals surface area contributed by atoms with Crippen LogP contribution in [0.4, 0.5) is 19.7 Å². The fraction of sp³-hybridized carbons (Fsp3) is 0.263. The number of nitrogens with zero attached hydrogens (tertiary/aromatic N) is 2. The number of carbonyl (C=O) groups is 3. The zero-order valence-electron chi connectivity index (χ0n) is 40.0. The molecule has 4 heterocycles. The van der Waals surface area contributed by atoms with Crippen LogP contribution in [-0.4, -0.2) is 88.5 Å². The average Bonchev–Trinajstić information content (AvgIpc) is 3.41. The lowest BCUT2D eigenvalue weighted by Gasteiger charge is -2.43. The van der Waals surface area contributed by atoms with Crippen molar-refractivity contribution in [2.75, 3.05) is 44.6 Å². The van der Waals surface area contributed by atoms with Crippen LogP contribution in [0, 0.1) is 11.7 Å². The number of anilines is 1. The first-order valence-electron chi connectivity index (χ1n) is 24.4. The Bertz CT molecular complexity index is 3060. The Morgan fingerprint density at radius 3 is 2.27 bits per heavy atom. The second kappa shape index (κ2) is 23.5. The number of piperidine rings is 3. The van der Waals surface area contributed by atoms with Gasteiger partial charge in [0.25, 0.3) is 0 Å². The van der Waals surface area contributed by atoms with Gasteiger partial charge < -0.3 is 50.3 Å². The molecule has 0 radical (unpaired) electrons. The molecule has 3 aliphatic heterocycles. The number of rotatable bonds is 19. The molecule has 1 aromatic heterocycles. The van der Waals surface area contributed by atoms with Gasteiger partial charge in [0.05, 0.1) is 29.8 Å². The number of hydrogen-bond donors (Lipinski definition) is 6. The van der Waals surface area contributed by atoms with E-state index in [9.17, 15) is 33.8 Å². The molecule has 0 saturated carbocycles. The highest BCUT2D eigenvalue weighted by molar-refractivity contribution is 5.90. The van der Waals surface area contributed by atoms with Crippen molar-refractivity contribution in [3.63, 3.8) is 0 Å². The summed E-state index contributed by atoms with van der Waals surface area (Å²) in [6.45, 7) is 3.74. The van der Waals surface area contributed by atoms with Gasteiger partial charge in [-0.3, -0.25) is 9.69 Å². The van der Waals surface area contributed by atoms with Crippen molar-refractivity contribution < 1.29 is 43.2 Å². The first-order chi connectivity index (χ1) is 35.5. The molecular weight excluding hydrogens is 932 g/mol. The molecule has 10 rings (SSSR count). The Labute approximate surface area is 421 Å². The fourth-order valence-corrected chi connectivity index (χ4v) is 9.34. The number of aromatic hydroxyl groups is 1. The van der Waals surface area contributed by atoms with Crippen LogP contribution in [-0.2, 0) is 29.2 Å². The van der Waals surface area contributed by atoms with Crippen molar-refractivity contribution in [1.82, 2.24) is 25.4 Å². The van der Waals surface area contributed by atoms with Crippen molar-refractivity contribution in [3.05, 3.63) is 207 Å². The summed E-state index contributed by atoms with van der Waals surface area (Å²) in [6.07, 6.45) is 0.594. The van der Waals surface area contributed by atoms with E-state index >= 15 is 0 Å². The molecule has 3 fully saturated rings. The Morgan fingerprint density at radius 1 is 0.808 bits per heavy atom. The summed E-state index contributed by atoms with van der Waals surface area (Å²) in [5, 5.41) is 30.9. The van der Waals surface area contributed by atoms with Gasteiger partial charge in [0.15, 0.2) is 0 Å². The summed E-state index contributed by atoms with van der Waals surface area (Å²) in [6, 6.07) is 42.2. The molecule has 73 heavy (non-hydrogen) atoms. The molecule has 0 aliphatic carbocycles. The molecule has 3 atom stereocenters. The number of aliphatic hydroxyl groups excluding tert-OH is 1. The number of aliphatic hydroxyl groups is 1. The molecule has 6 aromatic carbocycles. The number of phenols is 1. The number of benzene rings is 6. The molecule has 16 heteroatoms. The Hall–Kier alpha value is -8.05. The number of aromatic amines is 1. The second-order valence-corrected chi connectivity index (χ2v) is 18.4. The number of alkyl carbamates (subject to hydrolysis) is 1. The number of halogens is 1. The smallest absolute Gasteiger partial charge is 0.408 e. The minimum absolute atomic E-state index is 0.0399. The number of nitrogens with one attached hydrogen (secondary N) is 4. The van der Waals surface area contributed by atoms with Crippen LogP contribution in [0.3, 0.4) is 0 Å². The third-order valence-corrected chi connectivity index (χ3v) is 13.3. The lowest BCUT2D eigenvalue weighted by Crippen LogP contribution is -2.52. The minimum atomic E-state index is -0.926. The van der Waals surface area contributed by atoms with Crippen molar-refractivity contribution in [2.45, 2.75) is 50.8 Å². The van der Waals surface area contributed by atoms with Crippen LogP contribution in [0.25, 0.3) is 10.9 Å². The molecule has 2 bridgehead atoms. The summed E-state index contributed by atoms with van der Waals surface area (Å²) in [4.78, 5) is 58.4. The number of aromatic nitrogens is 1. The predicted molar refractivity (Wildman–Crippen MR) is 274 cm³/mol. The standard InChI is InChI=1S/C57H57FN6O9/c58-44-17-11-38(12-18-44)34-64(56(69)60-45-19-13-37(14-20-45)32-59-33-50(66)47-21-23-49(65)54-48(47)22-24-52(67)61-54)29-30-71-55(68)42-15-9-39(10-16-42)36-72-46-8-4-7-43(31-46)53(41-5-2-1-3-6-41)62-57(70)73-51-35-63-27-25-40(51)26-28-63/h1-24,31,40,50-51,53,59,65-66H,25-30,32-36H2,(H,60,69)(H,61,67)(H,62,70)/t50-,51-,53-/m0/s1. The number of hydrogen-bond acceptors (Lipinski definition) is 11. The summed E-state index contributed by atoms with van der Waals surface area (Å²) < 4.78 is 31.6. The van der Waals surface area contributed by atoms with Gasteiger partial charge in [-0.25, -0.2) is 18.8 Å². The number of ether oxygens (including phenoxy) is 3. The van der Waals surface area contributed by atoms with Crippen molar-refractivity contribution in [2.24, 2.45) is 5.92 Å². The molecule has 376 valence electrons. The van der Waals surface area contributed by atoms with Crippen LogP contribution >= 0.6 is 0 Å². The Balaban J connectivity index is 0.758. The van der Waals surface area contributed by atoms with E-state index in [0.717, 1.165) is 54.7 Å². The number of esters is 1. The number of urea groups is 1. The molecule has 0 spiro atoms. The van der Waals surface area contributed by atoms with Gasteiger partial charge in [0.2, 0.25) is 5.56 Å². The quantitative estimate of drug-likeness (QED) is 0.0425. The second-order valence-electron chi connectivity index (χ2n) is 18.4. The number of pyridine rings is 1. The van der Waals surface area contributed by atoms with Gasteiger partial charge in [0.1, 0.15) is 36.6 Å². The van der Waals surface area contributed by atoms with Gasteiger partial charge in [-0.15, -0.1) is 0 Å². The number of fused-ring (bicyclic) bond motifs is 4. The topological polar surface area (TPSA) is 195 Å². The summed E-state index contributed by atoms with van der Waals surface area (Å²) in [5.74, 6) is -0.0718. The lowest BCUT2D eigenvalue weighted by molar-refractivity contribution is -0.0336. The largest absolute Gasteiger partial charge is 0.506 e. The summed E-state index contributed by atoms with van der Waals surface area (Å²) in [5.41, 5.74) is 5.39. The van der Waals surface area contributed by atoms with E-state index in [0.29, 0.717) is 46.0 Å². The van der Waals surface area contributed by atoms with Gasteiger partial charge in [-0.2, -0.15) is 0 Å². The van der Waals surface area contributed by atoms with E-state index in [-0.39, 0.29) is 55.8 Å². The lowest BCUT2D eigenvalue weighted by atomic mass is 9.86. The van der Waals surface area contributed by atoms with Gasteiger partial charge in [-0.05, 0) is 126 Å². The highest BCUT2D eigenvalue weighted by Crippen LogP contribution is 2.32. The third kappa shape index (κ3) is 13.1. The monoisotopic (exact) mass is 988 g/mol. The van der Waals surface area contributed by atoms with E-state index < -0.39 is 36.1 Å². The fourth-order valence-electron chi connectivity index (χ4n) is 9.34. The van der Waals surface area contributed by atoms with Crippen molar-refractivity contribution in [1.29, 1.82) is 0 Å². The van der Waals surface area contributed by atoms with Crippen LogP contribution in [0.5, 0.6) is 11.5 Å². The van der Waals surface area contributed by atoms with Gasteiger partial charge in [-0.1, -0.05) is 84.9 Å². The maximum absolute atomic E-state index is 13.8. The number of H-pyrrole nitrogens is 1. The van der Waals surface area contributed by atoms with Crippen LogP contribution in [0.2, 0.25) is 0 Å². The number of amides is 3. The van der Waals surface area contributed by atoms with E-state index in [1.54, 1.807) is 60.7 Å². The van der Waals surface area contributed by atoms with Crippen molar-refractivity contribution in [3.8, 4) is 11.5 Å². The predicted octanol–water partition coefficient (Wildman–Crippen LogP) is 8.58. The Morgan fingerprint density at radius 2 is 1.53 bits per heavy atom. The van der Waals surface area contributed by atoms with E-state index in [4.69, 9.17) is 14.2 Å². The maximum Gasteiger partial charge on any atom is 0.408 e. The van der Waals surface area contributed by atoms with E-state index in [2.05, 4.69) is 25.8 Å². The molecule has 3 aliphatic rings. The highest BCUT2D eigenvalue weighted by Gasteiger charge is 2.37. The Kier molecular flexibility index (Phi) is 16.0. The zero-order valence-corrected chi connectivity index (χ0v) is 40.0. The third-order valence-electron chi connectivity index (χ3n) is 13.3. The molecule has 3 amide bonds. The van der Waals surface area contributed by atoms with E-state index in [1.807, 2.05) is 66.7 Å². The molecular formula is C57H57FN6O9. The van der Waals surface area contributed by atoms with Gasteiger partial charge >= 0.3 is 18.1 Å². The highest BCUT2D eigenvalue weighted by atomic mass is 19.1. The van der Waals surface area contributed by atoms with Crippen molar-refractivity contribution >= 4 is 34.7 Å². The SMILES string of the molecule is O=C(N[C@@H](c1ccccc1)c1cccc(OCc2ccc(C(=O)OCCN(Cc3ccc(F)cc3)C(=O)Nc3ccc(CNC[C@H](O)c4ccc(O)c5[nH]c(=O)ccc45)cc3)cc2)c1)O[C@H]1CN2CCC1CC2. The summed E-state index contributed by atoms with van der Waals surface area (Å²) >= 11 is 0. The summed E-state index contributed by atoms with van der Waals surface area (Å²) in [7, 11) is 0. The molecule has 0 unspecified atom stereocenters. The molecule has 7 aromatic rings. The molecule has 3 saturated heterocycles. The minimum Gasteiger partial charge on any atom is -0.506 e. The zero-order chi connectivity index (χ0) is 50.7. The normalized spacial score (nSPS) is 16.8. The van der Waals surface area contributed by atoms with Gasteiger partial charge in [0, 0.05) is 43.3 Å². The van der Waals surface area contributed by atoms with Crippen LogP contribution in [0.1, 0.15) is 68.7 Å². The van der Waals surface area contributed by atoms with E-state index in [1.165, 1.54) is 29.2 Å². The van der Waals surface area contributed by atoms with Crippen LogP contribution in [0.15, 0.2) is 156 Å². The van der Waals surface area contributed by atoms with Crippen LogP contribution < -0.4 is 26.2 Å². The first kappa shape index (κ1) is 49.9. The maximum atomic E-state index is 13.8. The first-order valence-corrected chi connectivity index (χ1v) is 24.4. The molecule has 15 nitrogen and oxygen atoms in total. The number of carbonyl (C=O) groups excluding carboxylic acids is 3. The average molecular weight is 989 g/mol.